The van der Waals surface area contributed by atoms with Crippen molar-refractivity contribution in [2.24, 2.45) is 5.92 Å². The fraction of sp³-hybridized carbons (Fsp3) is 0.368. The predicted molar refractivity (Wildman–Crippen MR) is 101 cm³/mol. The second kappa shape index (κ2) is 9.70. The van der Waals surface area contributed by atoms with Crippen molar-refractivity contribution < 1.29 is 9.59 Å². The molecule has 1 aromatic heterocycles. The van der Waals surface area contributed by atoms with Crippen LogP contribution in [-0.2, 0) is 11.2 Å². The highest BCUT2D eigenvalue weighted by atomic mass is 16.2. The summed E-state index contributed by atoms with van der Waals surface area (Å²) in [7, 11) is 5.98. The molecule has 7 heteroatoms. The third-order valence-electron chi connectivity index (χ3n) is 3.75. The van der Waals surface area contributed by atoms with Gasteiger partial charge in [0, 0.05) is 18.8 Å². The van der Waals surface area contributed by atoms with Gasteiger partial charge < -0.3 is 10.6 Å². The third-order valence-corrected chi connectivity index (χ3v) is 3.75. The molecule has 0 saturated heterocycles. The zero-order valence-electron chi connectivity index (χ0n) is 15.1. The molecule has 2 radical (unpaired) electrons. The zero-order chi connectivity index (χ0) is 18.9. The van der Waals surface area contributed by atoms with E-state index < -0.39 is 17.9 Å². The molecule has 2 aromatic rings. The summed E-state index contributed by atoms with van der Waals surface area (Å²) in [4.78, 5) is 32.9. The summed E-state index contributed by atoms with van der Waals surface area (Å²) in [5.41, 5.74) is 1.09. The van der Waals surface area contributed by atoms with Gasteiger partial charge in [-0.2, -0.15) is 0 Å². The molecule has 0 fully saturated rings. The molecule has 2 atom stereocenters. The highest BCUT2D eigenvalue weighted by Crippen LogP contribution is 2.07. The second-order valence-corrected chi connectivity index (χ2v) is 6.55. The molecule has 134 valence electrons. The minimum Gasteiger partial charge on any atom is -0.360 e. The zero-order valence-corrected chi connectivity index (χ0v) is 15.1. The van der Waals surface area contributed by atoms with Crippen molar-refractivity contribution in [1.82, 2.24) is 20.6 Å². The lowest BCUT2D eigenvalue weighted by Gasteiger charge is -2.22. The highest BCUT2D eigenvalue weighted by Gasteiger charge is 2.23. The molecule has 1 heterocycles. The molecule has 0 saturated carbocycles. The van der Waals surface area contributed by atoms with Crippen LogP contribution >= 0.6 is 0 Å². The monoisotopic (exact) mass is 350 g/mol. The van der Waals surface area contributed by atoms with E-state index in [4.69, 9.17) is 7.85 Å². The van der Waals surface area contributed by atoms with Gasteiger partial charge in [-0.3, -0.25) is 14.6 Å². The predicted octanol–water partition coefficient (Wildman–Crippen LogP) is 1.47. The average Bonchev–Trinajstić information content (AvgIpc) is 2.62. The molecule has 0 bridgehead atoms. The summed E-state index contributed by atoms with van der Waals surface area (Å²) in [6.07, 6.45) is 5.28. The Bertz CT molecular complexity index is 710. The maximum atomic E-state index is 12.7. The van der Waals surface area contributed by atoms with Crippen LogP contribution in [0.1, 0.15) is 36.3 Å². The van der Waals surface area contributed by atoms with Crippen molar-refractivity contribution in [3.05, 3.63) is 60.2 Å². The van der Waals surface area contributed by atoms with Gasteiger partial charge in [0.05, 0.1) is 14.0 Å². The summed E-state index contributed by atoms with van der Waals surface area (Å²) in [5.74, 6) is -0.882. The number of hydrogen-bond donors (Lipinski definition) is 2. The van der Waals surface area contributed by atoms with Crippen LogP contribution in [-0.4, -0.2) is 41.6 Å². The van der Waals surface area contributed by atoms with Crippen molar-refractivity contribution in [2.45, 2.75) is 38.7 Å². The van der Waals surface area contributed by atoms with Crippen molar-refractivity contribution in [3.63, 3.8) is 0 Å². The van der Waals surface area contributed by atoms with E-state index in [1.54, 1.807) is 0 Å². The largest absolute Gasteiger partial charge is 0.360 e. The average molecular weight is 350 g/mol. The number of amides is 2. The SMILES string of the molecule is [B][C@H](CC(C)C)NC(=O)[C@H](Cc1ccccc1)NC(=O)c1cnccn1. The van der Waals surface area contributed by atoms with E-state index in [1.165, 1.54) is 18.6 Å². The Morgan fingerprint density at radius 3 is 2.46 bits per heavy atom. The molecule has 26 heavy (non-hydrogen) atoms. The Morgan fingerprint density at radius 2 is 1.85 bits per heavy atom. The standard InChI is InChI=1S/C19H23BN4O2/c1-13(2)10-17(20)24-18(25)15(11-14-6-4-3-5-7-14)23-19(26)16-12-21-8-9-22-16/h3-9,12-13,15,17H,10-11H2,1-2H3,(H,23,26)(H,24,25)/t15-,17-/m0/s1. The Morgan fingerprint density at radius 1 is 1.12 bits per heavy atom. The molecule has 0 aliphatic heterocycles. The highest BCUT2D eigenvalue weighted by molar-refractivity contribution is 6.13. The molecule has 0 spiro atoms. The molecule has 0 unspecified atom stereocenters. The van der Waals surface area contributed by atoms with Gasteiger partial charge in [-0.25, -0.2) is 4.98 Å². The first kappa shape index (κ1) is 19.6. The summed E-state index contributed by atoms with van der Waals surface area (Å²) in [6.45, 7) is 4.06. The molecule has 2 N–H and O–H groups in total. The third kappa shape index (κ3) is 6.31. The summed E-state index contributed by atoms with van der Waals surface area (Å²) < 4.78 is 0. The lowest BCUT2D eigenvalue weighted by atomic mass is 9.87. The van der Waals surface area contributed by atoms with Crippen LogP contribution in [0.3, 0.4) is 0 Å². The lowest BCUT2D eigenvalue weighted by molar-refractivity contribution is -0.123. The minimum atomic E-state index is -0.759. The van der Waals surface area contributed by atoms with E-state index in [2.05, 4.69) is 20.6 Å². The van der Waals surface area contributed by atoms with E-state index in [-0.39, 0.29) is 11.6 Å². The van der Waals surface area contributed by atoms with Crippen LogP contribution in [0.4, 0.5) is 0 Å². The van der Waals surface area contributed by atoms with Gasteiger partial charge >= 0.3 is 0 Å². The molecule has 2 rings (SSSR count). The molecule has 0 aliphatic carbocycles. The Balaban J connectivity index is 2.10. The molecule has 2 amide bonds. The van der Waals surface area contributed by atoms with Crippen LogP contribution in [0.2, 0.25) is 0 Å². The molecule has 6 nitrogen and oxygen atoms in total. The second-order valence-electron chi connectivity index (χ2n) is 6.55. The van der Waals surface area contributed by atoms with Gasteiger partial charge in [-0.15, -0.1) is 0 Å². The van der Waals surface area contributed by atoms with Crippen LogP contribution in [0, 0.1) is 5.92 Å². The Labute approximate surface area is 155 Å². The van der Waals surface area contributed by atoms with Gasteiger partial charge in [-0.05, 0) is 23.8 Å². The van der Waals surface area contributed by atoms with Crippen LogP contribution < -0.4 is 10.6 Å². The smallest absolute Gasteiger partial charge is 0.272 e. The van der Waals surface area contributed by atoms with E-state index in [9.17, 15) is 9.59 Å². The number of nitrogens with one attached hydrogen (secondary N) is 2. The number of carbonyl (C=O) groups is 2. The maximum absolute atomic E-state index is 12.7. The summed E-state index contributed by atoms with van der Waals surface area (Å²) >= 11 is 0. The minimum absolute atomic E-state index is 0.157. The first-order valence-electron chi connectivity index (χ1n) is 8.62. The van der Waals surface area contributed by atoms with Gasteiger partial charge in [0.1, 0.15) is 11.7 Å². The number of hydrogen-bond acceptors (Lipinski definition) is 4. The molecule has 0 aliphatic rings. The van der Waals surface area contributed by atoms with Crippen LogP contribution in [0.5, 0.6) is 0 Å². The van der Waals surface area contributed by atoms with Gasteiger partial charge in [0.25, 0.3) is 5.91 Å². The maximum Gasteiger partial charge on any atom is 0.272 e. The molecular weight excluding hydrogens is 327 g/mol. The van der Waals surface area contributed by atoms with Crippen LogP contribution in [0.15, 0.2) is 48.9 Å². The van der Waals surface area contributed by atoms with E-state index in [0.717, 1.165) is 5.56 Å². The van der Waals surface area contributed by atoms with Gasteiger partial charge in [0.15, 0.2) is 0 Å². The molecule has 1 aromatic carbocycles. The Kier molecular flexibility index (Phi) is 7.32. The summed E-state index contributed by atoms with van der Waals surface area (Å²) in [6, 6.07) is 8.73. The Hall–Kier alpha value is -2.70. The normalized spacial score (nSPS) is 13.0. The number of aromatic nitrogens is 2. The topological polar surface area (TPSA) is 84.0 Å². The van der Waals surface area contributed by atoms with Crippen molar-refractivity contribution >= 4 is 19.7 Å². The van der Waals surface area contributed by atoms with Crippen molar-refractivity contribution in [2.75, 3.05) is 0 Å². The quantitative estimate of drug-likeness (QED) is 0.707. The van der Waals surface area contributed by atoms with Crippen molar-refractivity contribution in [1.29, 1.82) is 0 Å². The van der Waals surface area contributed by atoms with Crippen molar-refractivity contribution in [3.8, 4) is 0 Å². The van der Waals surface area contributed by atoms with E-state index >= 15 is 0 Å². The summed E-state index contributed by atoms with van der Waals surface area (Å²) in [5, 5.41) is 5.51. The van der Waals surface area contributed by atoms with E-state index in [0.29, 0.717) is 18.8 Å². The number of benzene rings is 1. The first-order chi connectivity index (χ1) is 12.5. The van der Waals surface area contributed by atoms with Crippen LogP contribution in [0.25, 0.3) is 0 Å². The first-order valence-corrected chi connectivity index (χ1v) is 8.62. The number of carbonyl (C=O) groups excluding carboxylic acids is 2. The van der Waals surface area contributed by atoms with Gasteiger partial charge in [-0.1, -0.05) is 44.2 Å². The fourth-order valence-corrected chi connectivity index (χ4v) is 2.56. The fourth-order valence-electron chi connectivity index (χ4n) is 2.56. The number of nitrogens with zero attached hydrogens (tertiary/aromatic N) is 2. The molecular formula is C19H23BN4O2. The van der Waals surface area contributed by atoms with Gasteiger partial charge in [0.2, 0.25) is 5.91 Å². The number of rotatable bonds is 8. The lowest BCUT2D eigenvalue weighted by Crippen LogP contribution is -2.51. The van der Waals surface area contributed by atoms with E-state index in [1.807, 2.05) is 44.2 Å².